The van der Waals surface area contributed by atoms with Gasteiger partial charge in [0.2, 0.25) is 5.95 Å². The molecule has 1 aliphatic heterocycles. The highest BCUT2D eigenvalue weighted by molar-refractivity contribution is 5.83. The zero-order chi connectivity index (χ0) is 23.8. The van der Waals surface area contributed by atoms with Crippen LogP contribution in [-0.2, 0) is 15.9 Å². The molecule has 1 saturated heterocycles. The number of imidazole rings is 1. The van der Waals surface area contributed by atoms with Gasteiger partial charge in [0.15, 0.2) is 17.4 Å². The van der Waals surface area contributed by atoms with Crippen LogP contribution in [0.15, 0.2) is 41.6 Å². The highest BCUT2D eigenvalue weighted by atomic mass is 16.6. The van der Waals surface area contributed by atoms with Crippen LogP contribution in [0.3, 0.4) is 0 Å². The molecule has 13 heteroatoms. The Balaban J connectivity index is 1.17. The summed E-state index contributed by atoms with van der Waals surface area (Å²) in [7, 11) is 0. The molecule has 1 fully saturated rings. The molecule has 4 unspecified atom stereocenters. The third-order valence-corrected chi connectivity index (χ3v) is 5.78. The first kappa shape index (κ1) is 21.9. The molecule has 3 aromatic heterocycles. The Bertz CT molecular complexity index is 1400. The average Bonchev–Trinajstić information content (AvgIpc) is 3.50. The Morgan fingerprint density at radius 1 is 1.29 bits per heavy atom. The summed E-state index contributed by atoms with van der Waals surface area (Å²) >= 11 is 0. The number of alkyl carbamates (subject to hydrolysis) is 1. The summed E-state index contributed by atoms with van der Waals surface area (Å²) in [6.45, 7) is 0.0547. The molecule has 4 atom stereocenters. The fourth-order valence-electron chi connectivity index (χ4n) is 4.07. The first-order chi connectivity index (χ1) is 16.4. The van der Waals surface area contributed by atoms with Crippen LogP contribution < -0.4 is 16.6 Å². The van der Waals surface area contributed by atoms with E-state index < -0.39 is 36.2 Å². The summed E-state index contributed by atoms with van der Waals surface area (Å²) in [5.74, 6) is -0.128. The molecule has 4 heterocycles. The lowest BCUT2D eigenvalue weighted by Gasteiger charge is -2.16. The molecule has 34 heavy (non-hydrogen) atoms. The van der Waals surface area contributed by atoms with Gasteiger partial charge in [0.05, 0.1) is 6.33 Å². The predicted octanol–water partition coefficient (Wildman–Crippen LogP) is -0.229. The van der Waals surface area contributed by atoms with Gasteiger partial charge in [0.25, 0.3) is 5.56 Å². The quantitative estimate of drug-likeness (QED) is 0.221. The molecule has 0 spiro atoms. The summed E-state index contributed by atoms with van der Waals surface area (Å²) in [4.78, 5) is 37.6. The van der Waals surface area contributed by atoms with Gasteiger partial charge < -0.3 is 35.7 Å². The number of rotatable bonds is 6. The summed E-state index contributed by atoms with van der Waals surface area (Å²) in [6.07, 6.45) is -1.75. The van der Waals surface area contributed by atoms with Crippen molar-refractivity contribution in [1.29, 1.82) is 0 Å². The number of carbonyl (C=O) groups is 1. The minimum atomic E-state index is -1.38. The molecular formula is C21H23N7O6. The number of benzene rings is 1. The molecule has 1 aliphatic rings. The summed E-state index contributed by atoms with van der Waals surface area (Å²) in [5, 5.41) is 24.6. The molecular weight excluding hydrogens is 446 g/mol. The number of para-hydroxylation sites is 1. The zero-order valence-corrected chi connectivity index (χ0v) is 17.8. The number of ether oxygens (including phenoxy) is 2. The number of hydrogen-bond acceptors (Lipinski definition) is 9. The molecule has 1 aromatic carbocycles. The van der Waals surface area contributed by atoms with Gasteiger partial charge in [-0.25, -0.2) is 9.78 Å². The fourth-order valence-corrected chi connectivity index (χ4v) is 4.07. The number of anilines is 1. The molecule has 0 saturated carbocycles. The molecule has 0 radical (unpaired) electrons. The number of aliphatic hydroxyl groups excluding tert-OH is 2. The van der Waals surface area contributed by atoms with E-state index in [-0.39, 0.29) is 23.7 Å². The summed E-state index contributed by atoms with van der Waals surface area (Å²) < 4.78 is 12.2. The standard InChI is InChI=1S/C21H23N7O6/c22-20-26-17-14(18(31)27-20)25-9-28(17)19-16(30)15(29)13(34-19)8-33-21(32)23-6-5-10-7-24-12-4-2-1-3-11(10)12/h1-4,7,9,13,15-16,19,24,29-30H,5-6,8H2,(H,23,32)(H3,22,26,27,31). The maximum absolute atomic E-state index is 12.1. The van der Waals surface area contributed by atoms with Crippen molar-refractivity contribution < 1.29 is 24.5 Å². The summed E-state index contributed by atoms with van der Waals surface area (Å²) in [5.41, 5.74) is 7.24. The number of nitrogens with one attached hydrogen (secondary N) is 3. The molecule has 178 valence electrons. The van der Waals surface area contributed by atoms with E-state index in [1.54, 1.807) is 0 Å². The van der Waals surface area contributed by atoms with Crippen molar-refractivity contribution >= 4 is 34.1 Å². The number of carbonyl (C=O) groups excluding carboxylic acids is 1. The van der Waals surface area contributed by atoms with E-state index in [0.29, 0.717) is 13.0 Å². The van der Waals surface area contributed by atoms with Crippen LogP contribution >= 0.6 is 0 Å². The number of nitrogen functional groups attached to an aromatic ring is 1. The van der Waals surface area contributed by atoms with E-state index in [2.05, 4.69) is 25.3 Å². The van der Waals surface area contributed by atoms with Crippen molar-refractivity contribution in [2.75, 3.05) is 18.9 Å². The number of nitrogens with two attached hydrogens (primary N) is 1. The van der Waals surface area contributed by atoms with Crippen LogP contribution in [0.25, 0.3) is 22.1 Å². The number of aromatic amines is 2. The maximum atomic E-state index is 12.1. The lowest BCUT2D eigenvalue weighted by Crippen LogP contribution is -2.36. The minimum absolute atomic E-state index is 0.00812. The van der Waals surface area contributed by atoms with Gasteiger partial charge in [-0.2, -0.15) is 4.98 Å². The second kappa shape index (κ2) is 8.78. The number of fused-ring (bicyclic) bond motifs is 2. The van der Waals surface area contributed by atoms with Gasteiger partial charge in [-0.05, 0) is 18.1 Å². The van der Waals surface area contributed by atoms with Crippen LogP contribution in [0, 0.1) is 0 Å². The topological polar surface area (TPSA) is 193 Å². The van der Waals surface area contributed by atoms with E-state index in [4.69, 9.17) is 15.2 Å². The highest BCUT2D eigenvalue weighted by Gasteiger charge is 2.45. The monoisotopic (exact) mass is 469 g/mol. The molecule has 7 N–H and O–H groups in total. The average molecular weight is 469 g/mol. The maximum Gasteiger partial charge on any atom is 0.407 e. The van der Waals surface area contributed by atoms with Crippen molar-refractivity contribution in [2.24, 2.45) is 0 Å². The van der Waals surface area contributed by atoms with Crippen molar-refractivity contribution in [3.63, 3.8) is 0 Å². The molecule has 0 bridgehead atoms. The lowest BCUT2D eigenvalue weighted by atomic mass is 10.1. The van der Waals surface area contributed by atoms with E-state index in [1.807, 2.05) is 30.5 Å². The lowest BCUT2D eigenvalue weighted by molar-refractivity contribution is -0.0533. The first-order valence-electron chi connectivity index (χ1n) is 10.6. The van der Waals surface area contributed by atoms with Crippen LogP contribution in [0.5, 0.6) is 0 Å². The second-order valence-electron chi connectivity index (χ2n) is 7.96. The van der Waals surface area contributed by atoms with E-state index in [1.165, 1.54) is 10.9 Å². The Morgan fingerprint density at radius 3 is 2.97 bits per heavy atom. The largest absolute Gasteiger partial charge is 0.447 e. The van der Waals surface area contributed by atoms with Crippen LogP contribution in [0.4, 0.5) is 10.7 Å². The van der Waals surface area contributed by atoms with Crippen LogP contribution in [0.1, 0.15) is 11.8 Å². The van der Waals surface area contributed by atoms with Gasteiger partial charge in [-0.3, -0.25) is 14.3 Å². The Labute approximate surface area is 191 Å². The number of amides is 1. The first-order valence-corrected chi connectivity index (χ1v) is 10.6. The Kier molecular flexibility index (Phi) is 5.65. The van der Waals surface area contributed by atoms with Crippen molar-refractivity contribution in [3.05, 3.63) is 52.7 Å². The second-order valence-corrected chi connectivity index (χ2v) is 7.96. The van der Waals surface area contributed by atoms with E-state index >= 15 is 0 Å². The van der Waals surface area contributed by atoms with Gasteiger partial charge in [0, 0.05) is 23.6 Å². The van der Waals surface area contributed by atoms with Crippen molar-refractivity contribution in [3.8, 4) is 0 Å². The van der Waals surface area contributed by atoms with E-state index in [0.717, 1.165) is 16.5 Å². The van der Waals surface area contributed by atoms with Gasteiger partial charge in [0.1, 0.15) is 24.9 Å². The third-order valence-electron chi connectivity index (χ3n) is 5.78. The van der Waals surface area contributed by atoms with Gasteiger partial charge in [-0.15, -0.1) is 0 Å². The van der Waals surface area contributed by atoms with E-state index in [9.17, 15) is 19.8 Å². The molecule has 1 amide bonds. The van der Waals surface area contributed by atoms with Gasteiger partial charge in [-0.1, -0.05) is 18.2 Å². The third kappa shape index (κ3) is 3.96. The predicted molar refractivity (Wildman–Crippen MR) is 120 cm³/mol. The summed E-state index contributed by atoms with van der Waals surface area (Å²) in [6, 6.07) is 7.88. The fraction of sp³-hybridized carbons (Fsp3) is 0.333. The molecule has 0 aliphatic carbocycles. The van der Waals surface area contributed by atoms with Crippen LogP contribution in [-0.4, -0.2) is 72.3 Å². The van der Waals surface area contributed by atoms with Gasteiger partial charge >= 0.3 is 6.09 Å². The Hall–Kier alpha value is -3.94. The molecule has 5 rings (SSSR count). The number of nitrogens with zero attached hydrogens (tertiary/aromatic N) is 3. The van der Waals surface area contributed by atoms with Crippen molar-refractivity contribution in [1.82, 2.24) is 29.8 Å². The van der Waals surface area contributed by atoms with Crippen molar-refractivity contribution in [2.45, 2.75) is 31.0 Å². The smallest absolute Gasteiger partial charge is 0.407 e. The minimum Gasteiger partial charge on any atom is -0.447 e. The number of H-pyrrole nitrogens is 2. The molecule has 13 nitrogen and oxygen atoms in total. The highest BCUT2D eigenvalue weighted by Crippen LogP contribution is 2.31. The Morgan fingerprint density at radius 2 is 2.12 bits per heavy atom. The molecule has 4 aromatic rings. The number of aliphatic hydroxyl groups is 2. The SMILES string of the molecule is Nc1nc2c(ncn2C2OC(COC(=O)NCCc3c[nH]c4ccccc34)C(O)C2O)c(=O)[nH]1. The zero-order valence-electron chi connectivity index (χ0n) is 17.8. The number of aromatic nitrogens is 5. The van der Waals surface area contributed by atoms with Crippen LogP contribution in [0.2, 0.25) is 0 Å². The number of hydrogen-bond donors (Lipinski definition) is 6. The normalized spacial score (nSPS) is 22.4.